The highest BCUT2D eigenvalue weighted by molar-refractivity contribution is 8.13. The smallest absolute Gasteiger partial charge is 0.232 e. The maximum atomic E-state index is 10.8. The Balaban J connectivity index is 3.25. The molecule has 1 atom stereocenters. The first kappa shape index (κ1) is 19.2. The molecule has 0 bridgehead atoms. The van der Waals surface area contributed by atoms with Crippen LogP contribution in [0.25, 0.3) is 0 Å². The van der Waals surface area contributed by atoms with Gasteiger partial charge in [-0.3, -0.25) is 0 Å². The van der Waals surface area contributed by atoms with Gasteiger partial charge in [-0.1, -0.05) is 46.0 Å². The molecule has 0 aliphatic rings. The Kier molecular flexibility index (Phi) is 12.1. The minimum atomic E-state index is -3.34. The van der Waals surface area contributed by atoms with Crippen LogP contribution in [0, 0.1) is 5.92 Å². The van der Waals surface area contributed by atoms with E-state index in [0.717, 1.165) is 26.1 Å². The van der Waals surface area contributed by atoms with Gasteiger partial charge in [0, 0.05) is 23.9 Å². The van der Waals surface area contributed by atoms with Gasteiger partial charge in [-0.2, -0.15) is 0 Å². The maximum absolute atomic E-state index is 10.8. The summed E-state index contributed by atoms with van der Waals surface area (Å²) in [5, 5.41) is 0. The van der Waals surface area contributed by atoms with Gasteiger partial charge in [0.1, 0.15) is 0 Å². The van der Waals surface area contributed by atoms with Gasteiger partial charge in [-0.15, -0.1) is 0 Å². The summed E-state index contributed by atoms with van der Waals surface area (Å²) in [7, 11) is 1.83. The van der Waals surface area contributed by atoms with Gasteiger partial charge in [0.15, 0.2) is 0 Å². The van der Waals surface area contributed by atoms with Gasteiger partial charge in [-0.05, 0) is 25.2 Å². The van der Waals surface area contributed by atoms with Crippen LogP contribution in [0.3, 0.4) is 0 Å². The third-order valence-electron chi connectivity index (χ3n) is 3.25. The second-order valence-electron chi connectivity index (χ2n) is 5.31. The van der Waals surface area contributed by atoms with Crippen LogP contribution in [0.1, 0.15) is 65.2 Å². The summed E-state index contributed by atoms with van der Waals surface area (Å²) in [4.78, 5) is 0. The summed E-state index contributed by atoms with van der Waals surface area (Å²) in [6.45, 7) is 5.81. The molecule has 0 saturated heterocycles. The van der Waals surface area contributed by atoms with E-state index in [1.54, 1.807) is 0 Å². The van der Waals surface area contributed by atoms with E-state index in [4.69, 9.17) is 15.4 Å². The molecule has 0 radical (unpaired) electrons. The molecule has 1 unspecified atom stereocenters. The van der Waals surface area contributed by atoms with Crippen LogP contribution in [0.2, 0.25) is 0 Å². The Morgan fingerprint density at radius 3 is 2.26 bits per heavy atom. The highest BCUT2D eigenvalue weighted by Gasteiger charge is 2.09. The van der Waals surface area contributed by atoms with E-state index in [1.807, 2.05) is 6.92 Å². The molecule has 3 nitrogen and oxygen atoms in total. The van der Waals surface area contributed by atoms with Crippen molar-refractivity contribution >= 4 is 19.7 Å². The summed E-state index contributed by atoms with van der Waals surface area (Å²) in [6, 6.07) is 0. The predicted molar refractivity (Wildman–Crippen MR) is 82.2 cm³/mol. The van der Waals surface area contributed by atoms with E-state index >= 15 is 0 Å². The highest BCUT2D eigenvalue weighted by atomic mass is 35.7. The van der Waals surface area contributed by atoms with Gasteiger partial charge in [0.05, 0.1) is 5.75 Å². The molecule has 0 aromatic heterocycles. The maximum Gasteiger partial charge on any atom is 0.232 e. The van der Waals surface area contributed by atoms with Gasteiger partial charge in [0.2, 0.25) is 9.05 Å². The zero-order chi connectivity index (χ0) is 14.6. The second-order valence-corrected chi connectivity index (χ2v) is 8.20. The van der Waals surface area contributed by atoms with E-state index < -0.39 is 9.05 Å². The molecule has 0 rings (SSSR count). The molecule has 0 spiro atoms. The number of ether oxygens (including phenoxy) is 1. The normalized spacial score (nSPS) is 13.6. The molecule has 0 aliphatic carbocycles. The van der Waals surface area contributed by atoms with Crippen molar-refractivity contribution in [1.82, 2.24) is 0 Å². The average Bonchev–Trinajstić information content (AvgIpc) is 2.33. The Morgan fingerprint density at radius 2 is 1.63 bits per heavy atom. The lowest BCUT2D eigenvalue weighted by molar-refractivity contribution is 0.117. The number of halogens is 1. The van der Waals surface area contributed by atoms with E-state index in [1.165, 1.54) is 32.1 Å². The molecule has 116 valence electrons. The van der Waals surface area contributed by atoms with Crippen molar-refractivity contribution in [2.45, 2.75) is 65.2 Å². The fourth-order valence-electron chi connectivity index (χ4n) is 1.86. The van der Waals surface area contributed by atoms with Gasteiger partial charge >= 0.3 is 0 Å². The van der Waals surface area contributed by atoms with Crippen LogP contribution in [-0.2, 0) is 13.8 Å². The second kappa shape index (κ2) is 12.0. The summed E-state index contributed by atoms with van der Waals surface area (Å²) in [6.07, 6.45) is 9.17. The molecule has 5 heteroatoms. The van der Waals surface area contributed by atoms with E-state index in [0.29, 0.717) is 12.3 Å². The van der Waals surface area contributed by atoms with Gasteiger partial charge in [-0.25, -0.2) is 8.42 Å². The predicted octanol–water partition coefficient (Wildman–Crippen LogP) is 4.35. The number of hydrogen-bond donors (Lipinski definition) is 0. The summed E-state index contributed by atoms with van der Waals surface area (Å²) >= 11 is 0. The Labute approximate surface area is 123 Å². The highest BCUT2D eigenvalue weighted by Crippen LogP contribution is 2.11. The van der Waals surface area contributed by atoms with Crippen molar-refractivity contribution in [3.8, 4) is 0 Å². The van der Waals surface area contributed by atoms with E-state index in [2.05, 4.69) is 6.92 Å². The van der Waals surface area contributed by atoms with Crippen LogP contribution in [-0.4, -0.2) is 27.4 Å². The number of unbranched alkanes of at least 4 members (excludes halogenated alkanes) is 5. The van der Waals surface area contributed by atoms with Crippen LogP contribution in [0.5, 0.6) is 0 Å². The van der Waals surface area contributed by atoms with Gasteiger partial charge in [0.25, 0.3) is 0 Å². The molecule has 0 aromatic rings. The number of hydrogen-bond acceptors (Lipinski definition) is 3. The van der Waals surface area contributed by atoms with Crippen molar-refractivity contribution in [3.05, 3.63) is 0 Å². The third-order valence-corrected chi connectivity index (χ3v) is 4.44. The first-order chi connectivity index (χ1) is 8.95. The summed E-state index contributed by atoms with van der Waals surface area (Å²) in [5.41, 5.74) is 0. The molecule has 0 heterocycles. The van der Waals surface area contributed by atoms with Crippen molar-refractivity contribution in [2.24, 2.45) is 5.92 Å². The Morgan fingerprint density at radius 1 is 1.00 bits per heavy atom. The molecule has 19 heavy (non-hydrogen) atoms. The standard InChI is InChI=1S/C14H29ClO3S/c1-3-4-5-6-7-8-11-18-12-9-14(2)10-13-19(15,16)17/h14H,3-13H2,1-2H3. The van der Waals surface area contributed by atoms with Gasteiger partial charge < -0.3 is 4.74 Å². The lowest BCUT2D eigenvalue weighted by Gasteiger charge is -2.10. The molecule has 0 N–H and O–H groups in total. The average molecular weight is 313 g/mol. The molecule has 0 aliphatic heterocycles. The van der Waals surface area contributed by atoms with E-state index in [-0.39, 0.29) is 5.75 Å². The third kappa shape index (κ3) is 16.1. The Hall–Kier alpha value is 0.200. The SMILES string of the molecule is CCCCCCCCOCCC(C)CCS(=O)(=O)Cl. The van der Waals surface area contributed by atoms with Crippen LogP contribution < -0.4 is 0 Å². The summed E-state index contributed by atoms with van der Waals surface area (Å²) in [5.74, 6) is 0.408. The largest absolute Gasteiger partial charge is 0.381 e. The topological polar surface area (TPSA) is 43.4 Å². The van der Waals surface area contributed by atoms with Crippen molar-refractivity contribution in [3.63, 3.8) is 0 Å². The monoisotopic (exact) mass is 312 g/mol. The molecular weight excluding hydrogens is 284 g/mol. The molecule has 0 saturated carbocycles. The minimum Gasteiger partial charge on any atom is -0.381 e. The zero-order valence-corrected chi connectivity index (χ0v) is 13.9. The first-order valence-corrected chi connectivity index (χ1v) is 9.93. The molecule has 0 amide bonds. The Bertz CT molecular complexity index is 291. The molecule has 0 aromatic carbocycles. The zero-order valence-electron chi connectivity index (χ0n) is 12.4. The lowest BCUT2D eigenvalue weighted by atomic mass is 10.1. The molecular formula is C14H29ClO3S. The lowest BCUT2D eigenvalue weighted by Crippen LogP contribution is -2.07. The molecule has 0 fully saturated rings. The first-order valence-electron chi connectivity index (χ1n) is 7.45. The van der Waals surface area contributed by atoms with Crippen molar-refractivity contribution in [1.29, 1.82) is 0 Å². The minimum absolute atomic E-state index is 0.0626. The van der Waals surface area contributed by atoms with E-state index in [9.17, 15) is 8.42 Å². The van der Waals surface area contributed by atoms with Crippen LogP contribution in [0.4, 0.5) is 0 Å². The van der Waals surface area contributed by atoms with Crippen LogP contribution >= 0.6 is 10.7 Å². The fourth-order valence-corrected chi connectivity index (χ4v) is 2.81. The number of rotatable bonds is 13. The quantitative estimate of drug-likeness (QED) is 0.375. The van der Waals surface area contributed by atoms with Crippen molar-refractivity contribution < 1.29 is 13.2 Å². The summed E-state index contributed by atoms with van der Waals surface area (Å²) < 4.78 is 27.1. The van der Waals surface area contributed by atoms with Crippen molar-refractivity contribution in [2.75, 3.05) is 19.0 Å². The fraction of sp³-hybridized carbons (Fsp3) is 1.00. The van der Waals surface area contributed by atoms with Crippen LogP contribution in [0.15, 0.2) is 0 Å².